The summed E-state index contributed by atoms with van der Waals surface area (Å²) in [6.45, 7) is 2.91. The number of benzene rings is 2. The van der Waals surface area contributed by atoms with Crippen LogP contribution in [0.4, 0.5) is 13.2 Å². The third kappa shape index (κ3) is 3.02. The number of hydrogen-bond donors (Lipinski definition) is 0. The van der Waals surface area contributed by atoms with Gasteiger partial charge >= 0.3 is 0 Å². The van der Waals surface area contributed by atoms with Gasteiger partial charge in [0.15, 0.2) is 17.5 Å². The van der Waals surface area contributed by atoms with Crippen molar-refractivity contribution in [3.63, 3.8) is 0 Å². The van der Waals surface area contributed by atoms with Crippen molar-refractivity contribution in [2.45, 2.75) is 25.9 Å². The lowest BCUT2D eigenvalue weighted by Crippen LogP contribution is -2.18. The Morgan fingerprint density at radius 3 is 2.09 bits per heavy atom. The predicted octanol–water partition coefficient (Wildman–Crippen LogP) is 5.26. The van der Waals surface area contributed by atoms with Gasteiger partial charge in [-0.05, 0) is 47.6 Å². The zero-order valence-corrected chi connectivity index (χ0v) is 12.3. The molecule has 0 bridgehead atoms. The SMILES string of the molecule is CC1CCC(c2ccc(-c3cc(F)c(F)c(F)c3)cc2)OC1. The molecule has 1 saturated heterocycles. The van der Waals surface area contributed by atoms with E-state index in [4.69, 9.17) is 4.74 Å². The third-order valence-corrected chi connectivity index (χ3v) is 4.10. The van der Waals surface area contributed by atoms with Crippen LogP contribution in [0.15, 0.2) is 36.4 Å². The van der Waals surface area contributed by atoms with Crippen LogP contribution in [0.3, 0.4) is 0 Å². The molecule has 0 spiro atoms. The predicted molar refractivity (Wildman–Crippen MR) is 78.8 cm³/mol. The quantitative estimate of drug-likeness (QED) is 0.688. The van der Waals surface area contributed by atoms with Gasteiger partial charge in [-0.2, -0.15) is 0 Å². The average Bonchev–Trinajstić information content (AvgIpc) is 2.53. The van der Waals surface area contributed by atoms with Crippen molar-refractivity contribution >= 4 is 0 Å². The van der Waals surface area contributed by atoms with Crippen LogP contribution in [-0.2, 0) is 4.74 Å². The summed E-state index contributed by atoms with van der Waals surface area (Å²) in [4.78, 5) is 0. The summed E-state index contributed by atoms with van der Waals surface area (Å²) in [5.74, 6) is -3.21. The summed E-state index contributed by atoms with van der Waals surface area (Å²) < 4.78 is 45.4. The first kappa shape index (κ1) is 15.1. The summed E-state index contributed by atoms with van der Waals surface area (Å²) in [5, 5.41) is 0. The Morgan fingerprint density at radius 2 is 1.55 bits per heavy atom. The fourth-order valence-corrected chi connectivity index (χ4v) is 2.76. The molecule has 1 heterocycles. The van der Waals surface area contributed by atoms with Crippen LogP contribution in [0, 0.1) is 23.4 Å². The lowest BCUT2D eigenvalue weighted by molar-refractivity contribution is -0.0123. The van der Waals surface area contributed by atoms with Crippen LogP contribution in [0.2, 0.25) is 0 Å². The van der Waals surface area contributed by atoms with Gasteiger partial charge in [-0.1, -0.05) is 31.2 Å². The normalized spacial score (nSPS) is 21.8. The van der Waals surface area contributed by atoms with Crippen LogP contribution >= 0.6 is 0 Å². The molecule has 0 radical (unpaired) electrons. The number of hydrogen-bond acceptors (Lipinski definition) is 1. The van der Waals surface area contributed by atoms with Gasteiger partial charge in [-0.3, -0.25) is 0 Å². The smallest absolute Gasteiger partial charge is 0.194 e. The molecule has 0 saturated carbocycles. The van der Waals surface area contributed by atoms with Crippen LogP contribution in [-0.4, -0.2) is 6.61 Å². The summed E-state index contributed by atoms with van der Waals surface area (Å²) in [7, 11) is 0. The van der Waals surface area contributed by atoms with Gasteiger partial charge in [-0.25, -0.2) is 13.2 Å². The van der Waals surface area contributed by atoms with E-state index in [1.54, 1.807) is 12.1 Å². The molecule has 3 rings (SSSR count). The van der Waals surface area contributed by atoms with E-state index in [2.05, 4.69) is 6.92 Å². The molecule has 4 heteroatoms. The Kier molecular flexibility index (Phi) is 4.21. The van der Waals surface area contributed by atoms with E-state index in [0.29, 0.717) is 17.0 Å². The Labute approximate surface area is 127 Å². The van der Waals surface area contributed by atoms with Crippen LogP contribution < -0.4 is 0 Å². The average molecular weight is 306 g/mol. The molecule has 0 aromatic heterocycles. The maximum atomic E-state index is 13.3. The first-order chi connectivity index (χ1) is 10.5. The fraction of sp³-hybridized carbons (Fsp3) is 0.333. The zero-order valence-electron chi connectivity index (χ0n) is 12.3. The van der Waals surface area contributed by atoms with Crippen LogP contribution in [0.25, 0.3) is 11.1 Å². The standard InChI is InChI=1S/C18H17F3O/c1-11-2-7-17(22-10-11)13-5-3-12(4-6-13)14-8-15(19)18(21)16(20)9-14/h3-6,8-9,11,17H,2,7,10H2,1H3. The summed E-state index contributed by atoms with van der Waals surface area (Å²) >= 11 is 0. The van der Waals surface area contributed by atoms with E-state index < -0.39 is 17.5 Å². The molecule has 2 aromatic rings. The van der Waals surface area contributed by atoms with Crippen molar-refractivity contribution in [3.8, 4) is 11.1 Å². The second kappa shape index (κ2) is 6.13. The maximum absolute atomic E-state index is 13.3. The molecule has 1 fully saturated rings. The van der Waals surface area contributed by atoms with E-state index in [0.717, 1.165) is 37.1 Å². The highest BCUT2D eigenvalue weighted by molar-refractivity contribution is 5.64. The third-order valence-electron chi connectivity index (χ3n) is 4.10. The highest BCUT2D eigenvalue weighted by Crippen LogP contribution is 2.32. The van der Waals surface area contributed by atoms with Crippen molar-refractivity contribution in [1.29, 1.82) is 0 Å². The van der Waals surface area contributed by atoms with Gasteiger partial charge in [0, 0.05) is 6.61 Å². The van der Waals surface area contributed by atoms with Gasteiger partial charge in [0.1, 0.15) is 0 Å². The molecule has 2 aromatic carbocycles. The van der Waals surface area contributed by atoms with E-state index in [-0.39, 0.29) is 6.10 Å². The summed E-state index contributed by atoms with van der Waals surface area (Å²) in [5.41, 5.74) is 2.02. The Balaban J connectivity index is 1.82. The molecule has 2 atom stereocenters. The molecule has 0 aliphatic carbocycles. The largest absolute Gasteiger partial charge is 0.373 e. The van der Waals surface area contributed by atoms with Crippen molar-refractivity contribution < 1.29 is 17.9 Å². The fourth-order valence-electron chi connectivity index (χ4n) is 2.76. The topological polar surface area (TPSA) is 9.23 Å². The van der Waals surface area contributed by atoms with Crippen molar-refractivity contribution in [2.75, 3.05) is 6.61 Å². The number of halogens is 3. The van der Waals surface area contributed by atoms with Gasteiger partial charge in [-0.15, -0.1) is 0 Å². The Hall–Kier alpha value is -1.81. The lowest BCUT2D eigenvalue weighted by atomic mass is 9.94. The highest BCUT2D eigenvalue weighted by atomic mass is 19.2. The monoisotopic (exact) mass is 306 g/mol. The Morgan fingerprint density at radius 1 is 0.909 bits per heavy atom. The molecule has 2 unspecified atom stereocenters. The van der Waals surface area contributed by atoms with E-state index in [1.807, 2.05) is 12.1 Å². The molecule has 22 heavy (non-hydrogen) atoms. The molecule has 1 aliphatic rings. The second-order valence-electron chi connectivity index (χ2n) is 5.88. The molecule has 0 amide bonds. The summed E-state index contributed by atoms with van der Waals surface area (Å²) in [6.07, 6.45) is 2.17. The number of ether oxygens (including phenoxy) is 1. The van der Waals surface area contributed by atoms with Gasteiger partial charge in [0.25, 0.3) is 0 Å². The Bertz CT molecular complexity index is 636. The minimum atomic E-state index is -1.44. The van der Waals surface area contributed by atoms with Crippen molar-refractivity contribution in [3.05, 3.63) is 59.4 Å². The molecule has 1 aliphatic heterocycles. The molecule has 0 N–H and O–H groups in total. The first-order valence-electron chi connectivity index (χ1n) is 7.41. The lowest BCUT2D eigenvalue weighted by Gasteiger charge is -2.27. The van der Waals surface area contributed by atoms with E-state index in [1.165, 1.54) is 0 Å². The molecular weight excluding hydrogens is 289 g/mol. The molecule has 1 nitrogen and oxygen atoms in total. The minimum Gasteiger partial charge on any atom is -0.373 e. The highest BCUT2D eigenvalue weighted by Gasteiger charge is 2.20. The number of rotatable bonds is 2. The molecule has 116 valence electrons. The second-order valence-corrected chi connectivity index (χ2v) is 5.88. The van der Waals surface area contributed by atoms with E-state index in [9.17, 15) is 13.2 Å². The minimum absolute atomic E-state index is 0.0759. The van der Waals surface area contributed by atoms with Gasteiger partial charge in [0.05, 0.1) is 6.10 Å². The van der Waals surface area contributed by atoms with Gasteiger partial charge in [0.2, 0.25) is 0 Å². The maximum Gasteiger partial charge on any atom is 0.194 e. The first-order valence-corrected chi connectivity index (χ1v) is 7.41. The molecular formula is C18H17F3O. The van der Waals surface area contributed by atoms with Crippen LogP contribution in [0.1, 0.15) is 31.4 Å². The van der Waals surface area contributed by atoms with E-state index >= 15 is 0 Å². The van der Waals surface area contributed by atoms with Gasteiger partial charge < -0.3 is 4.74 Å². The van der Waals surface area contributed by atoms with Crippen molar-refractivity contribution in [1.82, 2.24) is 0 Å². The zero-order chi connectivity index (χ0) is 15.7. The van der Waals surface area contributed by atoms with Crippen molar-refractivity contribution in [2.24, 2.45) is 5.92 Å². The summed E-state index contributed by atoms with van der Waals surface area (Å²) in [6, 6.07) is 9.37. The van der Waals surface area contributed by atoms with Crippen LogP contribution in [0.5, 0.6) is 0 Å².